The molecular formula is C12H6BrClN2O5. The molecule has 0 amide bonds. The third kappa shape index (κ3) is 3.67. The Labute approximate surface area is 131 Å². The van der Waals surface area contributed by atoms with E-state index < -0.39 is 10.9 Å². The summed E-state index contributed by atoms with van der Waals surface area (Å²) in [6.07, 6.45) is 1.13. The molecule has 1 N–H and O–H groups in total. The summed E-state index contributed by atoms with van der Waals surface area (Å²) in [7, 11) is 0. The maximum atomic E-state index is 11.0. The topological polar surface area (TPSA) is 103 Å². The summed E-state index contributed by atoms with van der Waals surface area (Å²) in [5, 5.41) is 19.7. The van der Waals surface area contributed by atoms with E-state index in [-0.39, 0.29) is 27.9 Å². The minimum atomic E-state index is -1.23. The summed E-state index contributed by atoms with van der Waals surface area (Å²) in [6.45, 7) is 0. The lowest BCUT2D eigenvalue weighted by Crippen LogP contribution is -1.99. The second kappa shape index (κ2) is 6.06. The molecular weight excluding hydrogens is 367 g/mol. The number of nitro groups is 1. The minimum absolute atomic E-state index is 0.0323. The maximum absolute atomic E-state index is 11.0. The van der Waals surface area contributed by atoms with Gasteiger partial charge in [-0.25, -0.2) is 9.78 Å². The van der Waals surface area contributed by atoms with Crippen molar-refractivity contribution in [1.82, 2.24) is 4.98 Å². The molecule has 2 aromatic rings. The van der Waals surface area contributed by atoms with Crippen LogP contribution in [-0.2, 0) is 0 Å². The molecule has 1 aromatic heterocycles. The van der Waals surface area contributed by atoms with Crippen molar-refractivity contribution in [3.8, 4) is 11.6 Å². The summed E-state index contributed by atoms with van der Waals surface area (Å²) >= 11 is 8.81. The molecule has 1 heterocycles. The average molecular weight is 374 g/mol. The Balaban J connectivity index is 2.36. The fourth-order valence-corrected chi connectivity index (χ4v) is 2.12. The number of halogens is 2. The van der Waals surface area contributed by atoms with Crippen LogP contribution in [0.4, 0.5) is 5.69 Å². The van der Waals surface area contributed by atoms with E-state index in [1.165, 1.54) is 18.2 Å². The molecule has 0 aliphatic heterocycles. The summed E-state index contributed by atoms with van der Waals surface area (Å²) in [5.41, 5.74) is -0.349. The van der Waals surface area contributed by atoms with Gasteiger partial charge in [-0.05, 0) is 6.07 Å². The minimum Gasteiger partial charge on any atom is -0.478 e. The molecule has 2 rings (SSSR count). The molecule has 0 spiro atoms. The first-order chi connectivity index (χ1) is 9.86. The van der Waals surface area contributed by atoms with Gasteiger partial charge in [0.1, 0.15) is 5.75 Å². The predicted octanol–water partition coefficient (Wildman–Crippen LogP) is 3.90. The average Bonchev–Trinajstić information content (AvgIpc) is 2.40. The Morgan fingerprint density at radius 1 is 1.38 bits per heavy atom. The van der Waals surface area contributed by atoms with Crippen LogP contribution in [0.1, 0.15) is 10.4 Å². The number of ether oxygens (including phenoxy) is 1. The van der Waals surface area contributed by atoms with Crippen LogP contribution in [0.3, 0.4) is 0 Å². The largest absolute Gasteiger partial charge is 0.478 e. The second-order valence-corrected chi connectivity index (χ2v) is 5.13. The molecule has 0 fully saturated rings. The Hall–Kier alpha value is -2.19. The molecule has 0 saturated carbocycles. The number of pyridine rings is 1. The Kier molecular flexibility index (Phi) is 4.39. The van der Waals surface area contributed by atoms with Crippen LogP contribution >= 0.6 is 27.5 Å². The quantitative estimate of drug-likeness (QED) is 0.644. The lowest BCUT2D eigenvalue weighted by molar-refractivity contribution is -0.385. The van der Waals surface area contributed by atoms with E-state index >= 15 is 0 Å². The van der Waals surface area contributed by atoms with Crippen LogP contribution in [0, 0.1) is 10.1 Å². The highest BCUT2D eigenvalue weighted by Gasteiger charge is 2.14. The molecule has 21 heavy (non-hydrogen) atoms. The summed E-state index contributed by atoms with van der Waals surface area (Å²) < 4.78 is 5.77. The van der Waals surface area contributed by atoms with Crippen molar-refractivity contribution < 1.29 is 19.6 Å². The highest BCUT2D eigenvalue weighted by atomic mass is 79.9. The van der Waals surface area contributed by atoms with Crippen molar-refractivity contribution in [3.63, 3.8) is 0 Å². The van der Waals surface area contributed by atoms with Gasteiger partial charge in [-0.3, -0.25) is 10.1 Å². The number of aromatic carboxylic acids is 1. The number of carbonyl (C=O) groups is 1. The van der Waals surface area contributed by atoms with Crippen molar-refractivity contribution in [3.05, 3.63) is 55.6 Å². The number of non-ortho nitro benzene ring substituents is 1. The monoisotopic (exact) mass is 372 g/mol. The van der Waals surface area contributed by atoms with Crippen LogP contribution < -0.4 is 4.74 Å². The Bertz CT molecular complexity index is 738. The summed E-state index contributed by atoms with van der Waals surface area (Å²) in [5.74, 6) is -1.13. The number of carboxylic acids is 1. The van der Waals surface area contributed by atoms with Crippen LogP contribution in [0.5, 0.6) is 11.6 Å². The van der Waals surface area contributed by atoms with Gasteiger partial charge in [0.2, 0.25) is 5.88 Å². The zero-order chi connectivity index (χ0) is 15.6. The molecule has 108 valence electrons. The number of nitrogens with zero attached hydrogens (tertiary/aromatic N) is 2. The molecule has 0 aliphatic carbocycles. The normalized spacial score (nSPS) is 10.2. The number of hydrogen-bond donors (Lipinski definition) is 1. The Morgan fingerprint density at radius 2 is 2.10 bits per heavy atom. The first-order valence-corrected chi connectivity index (χ1v) is 6.55. The lowest BCUT2D eigenvalue weighted by atomic mass is 10.2. The van der Waals surface area contributed by atoms with Crippen molar-refractivity contribution in [1.29, 1.82) is 0 Å². The number of carboxylic acid groups (broad SMARTS) is 1. The predicted molar refractivity (Wildman–Crippen MR) is 77.1 cm³/mol. The zero-order valence-electron chi connectivity index (χ0n) is 10.1. The fraction of sp³-hybridized carbons (Fsp3) is 0. The smallest absolute Gasteiger partial charge is 0.337 e. The van der Waals surface area contributed by atoms with Gasteiger partial charge in [0.15, 0.2) is 0 Å². The first-order valence-electron chi connectivity index (χ1n) is 5.38. The number of nitro benzene ring substituents is 1. The van der Waals surface area contributed by atoms with Gasteiger partial charge < -0.3 is 9.84 Å². The van der Waals surface area contributed by atoms with Crippen LogP contribution in [-0.4, -0.2) is 21.0 Å². The SMILES string of the molecule is O=C(O)c1cc(Oc2cc(Br)cc([N+](=O)[O-])c2)ncc1Cl. The van der Waals surface area contributed by atoms with Crippen LogP contribution in [0.25, 0.3) is 0 Å². The molecule has 7 nitrogen and oxygen atoms in total. The zero-order valence-corrected chi connectivity index (χ0v) is 12.5. The van der Waals surface area contributed by atoms with E-state index in [1.807, 2.05) is 0 Å². The van der Waals surface area contributed by atoms with E-state index in [9.17, 15) is 14.9 Å². The molecule has 0 unspecified atom stereocenters. The molecule has 0 saturated heterocycles. The number of rotatable bonds is 4. The van der Waals surface area contributed by atoms with E-state index in [4.69, 9.17) is 21.4 Å². The molecule has 1 aromatic carbocycles. The summed E-state index contributed by atoms with van der Waals surface area (Å²) in [6, 6.07) is 5.13. The van der Waals surface area contributed by atoms with Gasteiger partial charge in [0.05, 0.1) is 27.8 Å². The Morgan fingerprint density at radius 3 is 2.71 bits per heavy atom. The van der Waals surface area contributed by atoms with Crippen molar-refractivity contribution in [2.75, 3.05) is 0 Å². The van der Waals surface area contributed by atoms with Crippen molar-refractivity contribution in [2.45, 2.75) is 0 Å². The van der Waals surface area contributed by atoms with Gasteiger partial charge in [-0.15, -0.1) is 0 Å². The fourth-order valence-electron chi connectivity index (χ4n) is 1.47. The standard InChI is InChI=1S/C12H6BrClN2O5/c13-6-1-7(16(19)20)3-8(2-6)21-11-4-9(12(17)18)10(14)5-15-11/h1-5H,(H,17,18). The van der Waals surface area contributed by atoms with Gasteiger partial charge in [-0.2, -0.15) is 0 Å². The third-order valence-corrected chi connectivity index (χ3v) is 3.11. The van der Waals surface area contributed by atoms with E-state index in [0.717, 1.165) is 12.3 Å². The lowest BCUT2D eigenvalue weighted by Gasteiger charge is -2.06. The number of benzene rings is 1. The first kappa shape index (κ1) is 15.2. The van der Waals surface area contributed by atoms with Gasteiger partial charge >= 0.3 is 5.97 Å². The second-order valence-electron chi connectivity index (χ2n) is 3.81. The van der Waals surface area contributed by atoms with Gasteiger partial charge in [0, 0.05) is 16.6 Å². The molecule has 0 radical (unpaired) electrons. The number of aromatic nitrogens is 1. The summed E-state index contributed by atoms with van der Waals surface area (Å²) in [4.78, 5) is 25.0. The van der Waals surface area contributed by atoms with Crippen molar-refractivity contribution in [2.24, 2.45) is 0 Å². The van der Waals surface area contributed by atoms with Crippen LogP contribution in [0.2, 0.25) is 5.02 Å². The highest BCUT2D eigenvalue weighted by Crippen LogP contribution is 2.30. The van der Waals surface area contributed by atoms with Crippen molar-refractivity contribution >= 4 is 39.2 Å². The van der Waals surface area contributed by atoms with E-state index in [1.54, 1.807) is 0 Å². The molecule has 0 atom stereocenters. The van der Waals surface area contributed by atoms with E-state index in [2.05, 4.69) is 20.9 Å². The van der Waals surface area contributed by atoms with E-state index in [0.29, 0.717) is 4.47 Å². The van der Waals surface area contributed by atoms with Crippen LogP contribution in [0.15, 0.2) is 34.9 Å². The van der Waals surface area contributed by atoms with Gasteiger partial charge in [0.25, 0.3) is 5.69 Å². The van der Waals surface area contributed by atoms with Gasteiger partial charge in [-0.1, -0.05) is 27.5 Å². The number of hydrogen-bond acceptors (Lipinski definition) is 5. The molecule has 0 aliphatic rings. The highest BCUT2D eigenvalue weighted by molar-refractivity contribution is 9.10. The third-order valence-electron chi connectivity index (χ3n) is 2.35. The molecule has 0 bridgehead atoms. The maximum Gasteiger partial charge on any atom is 0.337 e. The molecule has 9 heteroatoms.